The first-order chi connectivity index (χ1) is 10.1. The van der Waals surface area contributed by atoms with Crippen LogP contribution in [0.4, 0.5) is 0 Å². The lowest BCUT2D eigenvalue weighted by molar-refractivity contribution is -0.127. The van der Waals surface area contributed by atoms with E-state index in [1.54, 1.807) is 0 Å². The quantitative estimate of drug-likeness (QED) is 0.844. The molecule has 0 saturated carbocycles. The first-order valence-corrected chi connectivity index (χ1v) is 7.83. The van der Waals surface area contributed by atoms with Crippen molar-refractivity contribution in [1.29, 1.82) is 0 Å². The Hall–Kier alpha value is -1.61. The molecule has 0 aliphatic carbocycles. The van der Waals surface area contributed by atoms with Crippen LogP contribution in [0.5, 0.6) is 0 Å². The van der Waals surface area contributed by atoms with E-state index in [1.165, 1.54) is 17.2 Å². The predicted octanol–water partition coefficient (Wildman–Crippen LogP) is 3.08. The predicted molar refractivity (Wildman–Crippen MR) is 87.2 cm³/mol. The van der Waals surface area contributed by atoms with Gasteiger partial charge in [0.05, 0.1) is 0 Å². The Morgan fingerprint density at radius 3 is 2.76 bits per heavy atom. The summed E-state index contributed by atoms with van der Waals surface area (Å²) in [4.78, 5) is 13.5. The number of nitrogens with one attached hydrogen (secondary N) is 1. The van der Waals surface area contributed by atoms with Gasteiger partial charge in [0.1, 0.15) is 0 Å². The molecule has 3 nitrogen and oxygen atoms in total. The number of carbonyl (C=O) groups excluding carboxylic acids is 1. The van der Waals surface area contributed by atoms with Crippen molar-refractivity contribution in [3.05, 3.63) is 48.0 Å². The molecule has 1 amide bonds. The van der Waals surface area contributed by atoms with Gasteiger partial charge >= 0.3 is 0 Å². The maximum atomic E-state index is 11.6. The first-order valence-electron chi connectivity index (χ1n) is 7.83. The van der Waals surface area contributed by atoms with Gasteiger partial charge in [-0.15, -0.1) is 0 Å². The standard InChI is InChI=1S/C18H26N2O/c1-4-18(21)20-10-8-16(9-11-20)17-7-5-6-15(12-17)13-19-14(2)3/h4-7,12,14,16,19H,1,8-11,13H2,2-3H3. The molecular formula is C18H26N2O. The minimum absolute atomic E-state index is 0.0586. The lowest BCUT2D eigenvalue weighted by atomic mass is 9.88. The molecule has 3 heteroatoms. The van der Waals surface area contributed by atoms with E-state index in [-0.39, 0.29) is 5.91 Å². The van der Waals surface area contributed by atoms with Gasteiger partial charge in [0.25, 0.3) is 0 Å². The molecule has 1 heterocycles. The zero-order valence-corrected chi connectivity index (χ0v) is 13.1. The van der Waals surface area contributed by atoms with Gasteiger partial charge in [-0.25, -0.2) is 0 Å². The Kier molecular flexibility index (Phi) is 5.57. The average Bonchev–Trinajstić information content (AvgIpc) is 2.52. The zero-order valence-electron chi connectivity index (χ0n) is 13.1. The van der Waals surface area contributed by atoms with Crippen LogP contribution in [0.3, 0.4) is 0 Å². The molecule has 0 radical (unpaired) electrons. The lowest BCUT2D eigenvalue weighted by Crippen LogP contribution is -2.36. The molecule has 0 aromatic heterocycles. The van der Waals surface area contributed by atoms with Crippen LogP contribution < -0.4 is 5.32 Å². The van der Waals surface area contributed by atoms with Crippen molar-refractivity contribution < 1.29 is 4.79 Å². The highest BCUT2D eigenvalue weighted by Crippen LogP contribution is 2.28. The number of hydrogen-bond acceptors (Lipinski definition) is 2. The number of nitrogens with zero attached hydrogens (tertiary/aromatic N) is 1. The molecule has 1 aliphatic rings. The maximum Gasteiger partial charge on any atom is 0.245 e. The van der Waals surface area contributed by atoms with E-state index in [0.717, 1.165) is 32.5 Å². The second-order valence-corrected chi connectivity index (χ2v) is 6.08. The summed E-state index contributed by atoms with van der Waals surface area (Å²) < 4.78 is 0. The number of amides is 1. The normalized spacial score (nSPS) is 16.2. The van der Waals surface area contributed by atoms with E-state index >= 15 is 0 Å². The van der Waals surface area contributed by atoms with Crippen LogP contribution in [-0.2, 0) is 11.3 Å². The van der Waals surface area contributed by atoms with E-state index in [2.05, 4.69) is 50.0 Å². The fraction of sp³-hybridized carbons (Fsp3) is 0.500. The van der Waals surface area contributed by atoms with Gasteiger partial charge in [-0.1, -0.05) is 44.7 Å². The van der Waals surface area contributed by atoms with Crippen LogP contribution in [0.1, 0.15) is 43.7 Å². The Morgan fingerprint density at radius 1 is 1.43 bits per heavy atom. The number of hydrogen-bond donors (Lipinski definition) is 1. The number of carbonyl (C=O) groups is 1. The third-order valence-electron chi connectivity index (χ3n) is 4.12. The van der Waals surface area contributed by atoms with Gasteiger partial charge in [-0.2, -0.15) is 0 Å². The number of likely N-dealkylation sites (tertiary alicyclic amines) is 1. The van der Waals surface area contributed by atoms with Gasteiger partial charge in [-0.3, -0.25) is 4.79 Å². The second-order valence-electron chi connectivity index (χ2n) is 6.08. The third-order valence-corrected chi connectivity index (χ3v) is 4.12. The highest BCUT2D eigenvalue weighted by molar-refractivity contribution is 5.87. The molecular weight excluding hydrogens is 260 g/mol. The van der Waals surface area contributed by atoms with Crippen molar-refractivity contribution in [1.82, 2.24) is 10.2 Å². The van der Waals surface area contributed by atoms with Crippen molar-refractivity contribution in [2.24, 2.45) is 0 Å². The summed E-state index contributed by atoms with van der Waals surface area (Å²) in [5, 5.41) is 3.46. The van der Waals surface area contributed by atoms with Gasteiger partial charge in [0.2, 0.25) is 5.91 Å². The fourth-order valence-electron chi connectivity index (χ4n) is 2.84. The number of piperidine rings is 1. The van der Waals surface area contributed by atoms with E-state index in [4.69, 9.17) is 0 Å². The minimum atomic E-state index is 0.0586. The number of benzene rings is 1. The second kappa shape index (κ2) is 7.41. The fourth-order valence-corrected chi connectivity index (χ4v) is 2.84. The molecule has 21 heavy (non-hydrogen) atoms. The Bertz CT molecular complexity index is 488. The molecule has 2 rings (SSSR count). The van der Waals surface area contributed by atoms with Crippen molar-refractivity contribution in [2.45, 2.75) is 45.2 Å². The summed E-state index contributed by atoms with van der Waals surface area (Å²) in [6, 6.07) is 9.35. The van der Waals surface area contributed by atoms with Crippen molar-refractivity contribution in [3.63, 3.8) is 0 Å². The summed E-state index contributed by atoms with van der Waals surface area (Å²) in [5.41, 5.74) is 2.74. The summed E-state index contributed by atoms with van der Waals surface area (Å²) >= 11 is 0. The lowest BCUT2D eigenvalue weighted by Gasteiger charge is -2.31. The highest BCUT2D eigenvalue weighted by atomic mass is 16.2. The molecule has 114 valence electrons. The summed E-state index contributed by atoms with van der Waals surface area (Å²) in [6.07, 6.45) is 3.50. The van der Waals surface area contributed by atoms with Crippen LogP contribution in [0.2, 0.25) is 0 Å². The van der Waals surface area contributed by atoms with E-state index in [1.807, 2.05) is 4.90 Å². The van der Waals surface area contributed by atoms with Gasteiger partial charge in [0.15, 0.2) is 0 Å². The summed E-state index contributed by atoms with van der Waals surface area (Å²) in [6.45, 7) is 10.5. The van der Waals surface area contributed by atoms with E-state index in [9.17, 15) is 4.79 Å². The van der Waals surface area contributed by atoms with E-state index < -0.39 is 0 Å². The van der Waals surface area contributed by atoms with Gasteiger partial charge in [0, 0.05) is 25.7 Å². The molecule has 0 spiro atoms. The van der Waals surface area contributed by atoms with Gasteiger partial charge < -0.3 is 10.2 Å². The number of rotatable bonds is 5. The van der Waals surface area contributed by atoms with Crippen molar-refractivity contribution in [2.75, 3.05) is 13.1 Å². The molecule has 0 atom stereocenters. The Morgan fingerprint density at radius 2 is 2.14 bits per heavy atom. The molecule has 1 aromatic carbocycles. The molecule has 1 fully saturated rings. The molecule has 1 saturated heterocycles. The zero-order chi connectivity index (χ0) is 15.2. The van der Waals surface area contributed by atoms with E-state index in [0.29, 0.717) is 12.0 Å². The molecule has 0 bridgehead atoms. The first kappa shape index (κ1) is 15.8. The van der Waals surface area contributed by atoms with Gasteiger partial charge in [-0.05, 0) is 36.0 Å². The van der Waals surface area contributed by atoms with Crippen LogP contribution in [0.25, 0.3) is 0 Å². The molecule has 1 aliphatic heterocycles. The summed E-state index contributed by atoms with van der Waals surface area (Å²) in [7, 11) is 0. The van der Waals surface area contributed by atoms with Crippen molar-refractivity contribution >= 4 is 5.91 Å². The topological polar surface area (TPSA) is 32.3 Å². The Balaban J connectivity index is 1.95. The van der Waals surface area contributed by atoms with Crippen LogP contribution in [0, 0.1) is 0 Å². The maximum absolute atomic E-state index is 11.6. The summed E-state index contributed by atoms with van der Waals surface area (Å²) in [5.74, 6) is 0.626. The highest BCUT2D eigenvalue weighted by Gasteiger charge is 2.22. The largest absolute Gasteiger partial charge is 0.339 e. The third kappa shape index (κ3) is 4.43. The van der Waals surface area contributed by atoms with Crippen LogP contribution in [-0.4, -0.2) is 29.9 Å². The van der Waals surface area contributed by atoms with Crippen LogP contribution >= 0.6 is 0 Å². The van der Waals surface area contributed by atoms with Crippen LogP contribution in [0.15, 0.2) is 36.9 Å². The molecule has 1 N–H and O–H groups in total. The Labute approximate surface area is 128 Å². The smallest absolute Gasteiger partial charge is 0.245 e. The van der Waals surface area contributed by atoms with Crippen molar-refractivity contribution in [3.8, 4) is 0 Å². The minimum Gasteiger partial charge on any atom is -0.339 e. The average molecular weight is 286 g/mol. The molecule has 0 unspecified atom stereocenters. The SMILES string of the molecule is C=CC(=O)N1CCC(c2cccc(CNC(C)C)c2)CC1. The monoisotopic (exact) mass is 286 g/mol. The molecule has 1 aromatic rings.